The van der Waals surface area contributed by atoms with Crippen molar-refractivity contribution in [1.82, 2.24) is 9.78 Å². The fraction of sp³-hybridized carbons (Fsp3) is 0.385. The van der Waals surface area contributed by atoms with Crippen LogP contribution in [0.4, 0.5) is 4.39 Å². The molecule has 0 radical (unpaired) electrons. The van der Waals surface area contributed by atoms with Crippen molar-refractivity contribution in [3.63, 3.8) is 0 Å². The molecule has 0 aliphatic heterocycles. The minimum Gasteiger partial charge on any atom is -0.486 e. The van der Waals surface area contributed by atoms with Crippen molar-refractivity contribution in [2.24, 2.45) is 13.0 Å². The van der Waals surface area contributed by atoms with E-state index >= 15 is 0 Å². The van der Waals surface area contributed by atoms with Crippen LogP contribution in [0, 0.1) is 18.7 Å². The lowest BCUT2D eigenvalue weighted by Gasteiger charge is -2.17. The van der Waals surface area contributed by atoms with Crippen LogP contribution in [0.15, 0.2) is 42.6 Å². The minimum absolute atomic E-state index is 0.0353. The summed E-state index contributed by atoms with van der Waals surface area (Å²) in [6.07, 6.45) is 4.00. The fourth-order valence-electron chi connectivity index (χ4n) is 4.94. The number of esters is 1. The lowest BCUT2D eigenvalue weighted by atomic mass is 9.97. The summed E-state index contributed by atoms with van der Waals surface area (Å²) in [6.45, 7) is 4.21. The summed E-state index contributed by atoms with van der Waals surface area (Å²) in [5, 5.41) is 4.44. The summed E-state index contributed by atoms with van der Waals surface area (Å²) < 4.78 is 28.0. The number of fused-ring (bicyclic) bond motifs is 1. The molecule has 6 heteroatoms. The third-order valence-corrected chi connectivity index (χ3v) is 6.55. The summed E-state index contributed by atoms with van der Waals surface area (Å²) in [7, 11) is 1.90. The van der Waals surface area contributed by atoms with E-state index in [-0.39, 0.29) is 29.7 Å². The standard InChI is InChI=1S/C26H27FN2O3/c1-4-31-26(30)21-13-20(21)16-5-7-17(8-6-16)32-24-12-10-19-18(9-11-23(27)25(19)24)22-14-29(3)28-15(22)2/h5-9,11,14,20-21,24H,4,10,12-13H2,1-3H3/t20-,21+,24-/m1/s1. The average molecular weight is 435 g/mol. The molecule has 0 bridgehead atoms. The number of halogens is 1. The first-order chi connectivity index (χ1) is 15.5. The highest BCUT2D eigenvalue weighted by Crippen LogP contribution is 2.48. The SMILES string of the molecule is CCOC(=O)[C@H]1C[C@@H]1c1ccc(O[C@@H]2CCc3c(-c4cn(C)nc4C)ccc(F)c32)cc1. The van der Waals surface area contributed by atoms with Gasteiger partial charge in [-0.1, -0.05) is 18.2 Å². The zero-order valence-corrected chi connectivity index (χ0v) is 18.6. The number of rotatable bonds is 6. The first-order valence-corrected chi connectivity index (χ1v) is 11.2. The van der Waals surface area contributed by atoms with Gasteiger partial charge < -0.3 is 9.47 Å². The summed E-state index contributed by atoms with van der Waals surface area (Å²) in [5.41, 5.74) is 5.78. The molecule has 5 rings (SSSR count). The van der Waals surface area contributed by atoms with Crippen LogP contribution in [0.2, 0.25) is 0 Å². The predicted octanol–water partition coefficient (Wildman–Crippen LogP) is 5.27. The van der Waals surface area contributed by atoms with Gasteiger partial charge in [0.25, 0.3) is 0 Å². The van der Waals surface area contributed by atoms with Gasteiger partial charge in [-0.25, -0.2) is 4.39 Å². The van der Waals surface area contributed by atoms with Gasteiger partial charge in [0.2, 0.25) is 0 Å². The van der Waals surface area contributed by atoms with E-state index in [0.717, 1.165) is 47.2 Å². The number of hydrogen-bond donors (Lipinski definition) is 0. The summed E-state index contributed by atoms with van der Waals surface area (Å²) in [5.74, 6) is 0.558. The van der Waals surface area contributed by atoms with E-state index in [1.807, 2.05) is 57.4 Å². The van der Waals surface area contributed by atoms with E-state index in [1.165, 1.54) is 6.07 Å². The van der Waals surface area contributed by atoms with Gasteiger partial charge >= 0.3 is 5.97 Å². The molecule has 0 amide bonds. The molecule has 0 unspecified atom stereocenters. The largest absolute Gasteiger partial charge is 0.486 e. The Labute approximate surface area is 187 Å². The number of nitrogens with zero attached hydrogens (tertiary/aromatic N) is 2. The fourth-order valence-corrected chi connectivity index (χ4v) is 4.94. The Kier molecular flexibility index (Phi) is 5.24. The van der Waals surface area contributed by atoms with Gasteiger partial charge in [0.1, 0.15) is 17.7 Å². The zero-order chi connectivity index (χ0) is 22.4. The highest BCUT2D eigenvalue weighted by atomic mass is 19.1. The number of aryl methyl sites for hydroxylation is 2. The number of carbonyl (C=O) groups is 1. The van der Waals surface area contributed by atoms with Crippen LogP contribution in [-0.2, 0) is 23.0 Å². The van der Waals surface area contributed by atoms with E-state index in [2.05, 4.69) is 5.10 Å². The van der Waals surface area contributed by atoms with E-state index in [0.29, 0.717) is 17.9 Å². The molecule has 3 atom stereocenters. The van der Waals surface area contributed by atoms with Crippen molar-refractivity contribution >= 4 is 5.97 Å². The van der Waals surface area contributed by atoms with Crippen LogP contribution in [0.3, 0.4) is 0 Å². The monoisotopic (exact) mass is 434 g/mol. The molecule has 5 nitrogen and oxygen atoms in total. The van der Waals surface area contributed by atoms with Crippen molar-refractivity contribution < 1.29 is 18.7 Å². The number of hydrogen-bond acceptors (Lipinski definition) is 4. The van der Waals surface area contributed by atoms with E-state index in [9.17, 15) is 9.18 Å². The second-order valence-electron chi connectivity index (χ2n) is 8.70. The average Bonchev–Trinajstić information content (AvgIpc) is 3.36. The zero-order valence-electron chi connectivity index (χ0n) is 18.6. The van der Waals surface area contributed by atoms with Crippen LogP contribution in [0.1, 0.15) is 54.2 Å². The van der Waals surface area contributed by atoms with Crippen molar-refractivity contribution in [3.05, 3.63) is 70.8 Å². The highest BCUT2D eigenvalue weighted by molar-refractivity contribution is 5.77. The Hall–Kier alpha value is -3.15. The predicted molar refractivity (Wildman–Crippen MR) is 119 cm³/mol. The second kappa shape index (κ2) is 8.08. The van der Waals surface area contributed by atoms with Crippen LogP contribution in [-0.4, -0.2) is 22.4 Å². The van der Waals surface area contributed by atoms with Crippen molar-refractivity contribution in [1.29, 1.82) is 0 Å². The first-order valence-electron chi connectivity index (χ1n) is 11.2. The molecular formula is C26H27FN2O3. The normalized spacial score (nSPS) is 21.3. The Morgan fingerprint density at radius 2 is 1.97 bits per heavy atom. The quantitative estimate of drug-likeness (QED) is 0.496. The van der Waals surface area contributed by atoms with Crippen LogP contribution in [0.25, 0.3) is 11.1 Å². The van der Waals surface area contributed by atoms with Crippen LogP contribution >= 0.6 is 0 Å². The lowest BCUT2D eigenvalue weighted by Crippen LogP contribution is -2.07. The molecular weight excluding hydrogens is 407 g/mol. The summed E-state index contributed by atoms with van der Waals surface area (Å²) in [4.78, 5) is 11.9. The van der Waals surface area contributed by atoms with E-state index in [4.69, 9.17) is 9.47 Å². The number of aromatic nitrogens is 2. The van der Waals surface area contributed by atoms with Crippen molar-refractivity contribution in [2.45, 2.75) is 45.1 Å². The van der Waals surface area contributed by atoms with Crippen molar-refractivity contribution in [2.75, 3.05) is 6.61 Å². The van der Waals surface area contributed by atoms with E-state index < -0.39 is 0 Å². The molecule has 3 aromatic rings. The maximum Gasteiger partial charge on any atom is 0.309 e. The van der Waals surface area contributed by atoms with Gasteiger partial charge in [-0.2, -0.15) is 5.10 Å². The Morgan fingerprint density at radius 3 is 2.66 bits per heavy atom. The first kappa shape index (κ1) is 20.7. The third-order valence-electron chi connectivity index (χ3n) is 6.55. The molecule has 1 saturated carbocycles. The lowest BCUT2D eigenvalue weighted by molar-refractivity contribution is -0.144. The Morgan fingerprint density at radius 1 is 1.19 bits per heavy atom. The summed E-state index contributed by atoms with van der Waals surface area (Å²) in [6, 6.07) is 11.2. The molecule has 1 fully saturated rings. The second-order valence-corrected chi connectivity index (χ2v) is 8.70. The third kappa shape index (κ3) is 3.68. The van der Waals surface area contributed by atoms with Gasteiger partial charge in [-0.15, -0.1) is 0 Å². The Balaban J connectivity index is 1.34. The van der Waals surface area contributed by atoms with Gasteiger partial charge in [0.05, 0.1) is 18.2 Å². The maximum atomic E-state index is 14.9. The van der Waals surface area contributed by atoms with Crippen LogP contribution < -0.4 is 4.74 Å². The van der Waals surface area contributed by atoms with Gasteiger partial charge in [-0.3, -0.25) is 9.48 Å². The molecule has 1 heterocycles. The molecule has 0 spiro atoms. The molecule has 166 valence electrons. The highest BCUT2D eigenvalue weighted by Gasteiger charge is 2.45. The van der Waals surface area contributed by atoms with Crippen molar-refractivity contribution in [3.8, 4) is 16.9 Å². The minimum atomic E-state index is -0.319. The van der Waals surface area contributed by atoms with Crippen LogP contribution in [0.5, 0.6) is 5.75 Å². The molecule has 0 saturated heterocycles. The molecule has 1 aromatic heterocycles. The Bertz CT molecular complexity index is 1170. The number of carbonyl (C=O) groups excluding carboxylic acids is 1. The molecule has 2 aliphatic carbocycles. The molecule has 0 N–H and O–H groups in total. The smallest absolute Gasteiger partial charge is 0.309 e. The number of benzene rings is 2. The van der Waals surface area contributed by atoms with Gasteiger partial charge in [0, 0.05) is 24.4 Å². The molecule has 2 aliphatic rings. The topological polar surface area (TPSA) is 53.4 Å². The maximum absolute atomic E-state index is 14.9. The van der Waals surface area contributed by atoms with Gasteiger partial charge in [0.15, 0.2) is 0 Å². The molecule has 32 heavy (non-hydrogen) atoms. The van der Waals surface area contributed by atoms with E-state index in [1.54, 1.807) is 4.68 Å². The van der Waals surface area contributed by atoms with Gasteiger partial charge in [-0.05, 0) is 73.9 Å². The summed E-state index contributed by atoms with van der Waals surface area (Å²) >= 11 is 0. The molecule has 2 aromatic carbocycles. The number of ether oxygens (including phenoxy) is 2.